The van der Waals surface area contributed by atoms with Crippen LogP contribution in [0, 0.1) is 12.8 Å². The summed E-state index contributed by atoms with van der Waals surface area (Å²) in [4.78, 5) is 13.4. The first-order chi connectivity index (χ1) is 13.2. The third-order valence-electron chi connectivity index (χ3n) is 5.14. The predicted octanol–water partition coefficient (Wildman–Crippen LogP) is 5.55. The molecule has 0 saturated carbocycles. The molecule has 150 valence electrons. The topological polar surface area (TPSA) is 40.5 Å². The molecule has 0 aliphatic carbocycles. The molecule has 0 bridgehead atoms. The second-order valence-corrected chi connectivity index (χ2v) is 7.63. The Balaban J connectivity index is 2.08. The molecule has 1 aliphatic heterocycles. The number of likely N-dealkylation sites (tertiary alicyclic amines) is 1. The fourth-order valence-corrected chi connectivity index (χ4v) is 4.05. The lowest BCUT2D eigenvalue weighted by molar-refractivity contribution is -0.143. The first-order valence-electron chi connectivity index (χ1n) is 9.07. The molecular weight excluding hydrogens is 391 g/mol. The summed E-state index contributed by atoms with van der Waals surface area (Å²) >= 11 is 5.80. The molecule has 2 aromatic rings. The number of rotatable bonds is 4. The van der Waals surface area contributed by atoms with Gasteiger partial charge < -0.3 is 5.11 Å². The minimum absolute atomic E-state index is 0.290. The molecule has 3 nitrogen and oxygen atoms in total. The largest absolute Gasteiger partial charge is 0.481 e. The van der Waals surface area contributed by atoms with Crippen molar-refractivity contribution in [1.29, 1.82) is 0 Å². The van der Waals surface area contributed by atoms with Gasteiger partial charge in [0.2, 0.25) is 0 Å². The summed E-state index contributed by atoms with van der Waals surface area (Å²) in [5.41, 5.74) is 1.39. The van der Waals surface area contributed by atoms with Crippen LogP contribution in [0.2, 0.25) is 5.02 Å². The van der Waals surface area contributed by atoms with E-state index in [-0.39, 0.29) is 11.6 Å². The first-order valence-corrected chi connectivity index (χ1v) is 9.44. The fraction of sp³-hybridized carbons (Fsp3) is 0.381. The molecule has 1 aliphatic rings. The van der Waals surface area contributed by atoms with Gasteiger partial charge in [0.15, 0.2) is 0 Å². The lowest BCUT2D eigenvalue weighted by Crippen LogP contribution is -2.41. The van der Waals surface area contributed by atoms with Crippen molar-refractivity contribution in [1.82, 2.24) is 4.90 Å². The Morgan fingerprint density at radius 1 is 1.21 bits per heavy atom. The van der Waals surface area contributed by atoms with Gasteiger partial charge in [-0.1, -0.05) is 47.5 Å². The van der Waals surface area contributed by atoms with Crippen molar-refractivity contribution < 1.29 is 23.1 Å². The van der Waals surface area contributed by atoms with Crippen LogP contribution in [-0.4, -0.2) is 29.1 Å². The summed E-state index contributed by atoms with van der Waals surface area (Å²) in [6, 6.07) is 11.0. The fourth-order valence-electron chi connectivity index (χ4n) is 3.83. The molecule has 0 aromatic heterocycles. The third kappa shape index (κ3) is 4.50. The van der Waals surface area contributed by atoms with Crippen LogP contribution in [0.25, 0.3) is 0 Å². The first kappa shape index (κ1) is 20.7. The zero-order valence-corrected chi connectivity index (χ0v) is 16.1. The predicted molar refractivity (Wildman–Crippen MR) is 101 cm³/mol. The van der Waals surface area contributed by atoms with Crippen LogP contribution in [-0.2, 0) is 11.0 Å². The van der Waals surface area contributed by atoms with Crippen LogP contribution in [0.5, 0.6) is 0 Å². The third-order valence-corrected chi connectivity index (χ3v) is 5.47. The maximum Gasteiger partial charge on any atom is 0.417 e. The summed E-state index contributed by atoms with van der Waals surface area (Å²) < 4.78 is 40.2. The molecule has 1 saturated heterocycles. The maximum absolute atomic E-state index is 13.4. The number of benzene rings is 2. The van der Waals surface area contributed by atoms with Crippen molar-refractivity contribution >= 4 is 17.6 Å². The van der Waals surface area contributed by atoms with Crippen molar-refractivity contribution in [2.75, 3.05) is 13.1 Å². The van der Waals surface area contributed by atoms with Crippen LogP contribution >= 0.6 is 11.6 Å². The van der Waals surface area contributed by atoms with Gasteiger partial charge in [-0.15, -0.1) is 0 Å². The lowest BCUT2D eigenvalue weighted by atomic mass is 9.90. The number of nitrogens with zero attached hydrogens (tertiary/aromatic N) is 1. The van der Waals surface area contributed by atoms with E-state index < -0.39 is 29.7 Å². The normalized spacial score (nSPS) is 19.4. The Bertz CT molecular complexity index is 869. The number of hydrogen-bond donors (Lipinski definition) is 1. The van der Waals surface area contributed by atoms with Crippen molar-refractivity contribution in [2.45, 2.75) is 32.0 Å². The number of halogens is 4. The lowest BCUT2D eigenvalue weighted by Gasteiger charge is -2.38. The van der Waals surface area contributed by atoms with E-state index >= 15 is 0 Å². The van der Waals surface area contributed by atoms with Gasteiger partial charge >= 0.3 is 12.1 Å². The smallest absolute Gasteiger partial charge is 0.417 e. The van der Waals surface area contributed by atoms with E-state index in [1.165, 1.54) is 6.07 Å². The van der Waals surface area contributed by atoms with Gasteiger partial charge in [-0.25, -0.2) is 0 Å². The second kappa shape index (κ2) is 8.13. The Morgan fingerprint density at radius 2 is 1.93 bits per heavy atom. The molecule has 28 heavy (non-hydrogen) atoms. The van der Waals surface area contributed by atoms with Gasteiger partial charge in [0.1, 0.15) is 0 Å². The van der Waals surface area contributed by atoms with Gasteiger partial charge in [0, 0.05) is 6.54 Å². The molecule has 3 rings (SSSR count). The summed E-state index contributed by atoms with van der Waals surface area (Å²) in [6.45, 7) is 2.82. The zero-order chi connectivity index (χ0) is 20.5. The highest BCUT2D eigenvalue weighted by Gasteiger charge is 2.36. The zero-order valence-electron chi connectivity index (χ0n) is 15.3. The van der Waals surface area contributed by atoms with Crippen LogP contribution in [0.3, 0.4) is 0 Å². The summed E-state index contributed by atoms with van der Waals surface area (Å²) in [5, 5.41) is 9.07. The number of aliphatic carboxylic acids is 1. The highest BCUT2D eigenvalue weighted by molar-refractivity contribution is 6.31. The number of alkyl halides is 3. The number of carboxylic acid groups (broad SMARTS) is 1. The van der Waals surface area contributed by atoms with Gasteiger partial charge in [0.25, 0.3) is 0 Å². The SMILES string of the molecule is Cc1cccc(C(c2ccc(Cl)c(C(F)(F)F)c2)N2CCCC(C(=O)O)C2)c1. The molecule has 1 N–H and O–H groups in total. The number of carbonyl (C=O) groups is 1. The average molecular weight is 412 g/mol. The minimum Gasteiger partial charge on any atom is -0.481 e. The van der Waals surface area contributed by atoms with E-state index in [1.807, 2.05) is 36.1 Å². The van der Waals surface area contributed by atoms with E-state index in [4.69, 9.17) is 11.6 Å². The van der Waals surface area contributed by atoms with E-state index in [0.717, 1.165) is 17.2 Å². The van der Waals surface area contributed by atoms with Crippen molar-refractivity contribution in [3.63, 3.8) is 0 Å². The molecular formula is C21H21ClF3NO2. The summed E-state index contributed by atoms with van der Waals surface area (Å²) in [5.74, 6) is -1.41. The average Bonchev–Trinajstić information content (AvgIpc) is 2.63. The number of piperidine rings is 1. The van der Waals surface area contributed by atoms with Crippen molar-refractivity contribution in [3.8, 4) is 0 Å². The number of carboxylic acids is 1. The van der Waals surface area contributed by atoms with E-state index in [9.17, 15) is 23.1 Å². The highest BCUT2D eigenvalue weighted by Crippen LogP contribution is 2.39. The Morgan fingerprint density at radius 3 is 2.57 bits per heavy atom. The summed E-state index contributed by atoms with van der Waals surface area (Å²) in [7, 11) is 0. The Kier molecular flexibility index (Phi) is 6.01. The molecule has 1 heterocycles. The monoisotopic (exact) mass is 411 g/mol. The van der Waals surface area contributed by atoms with Crippen molar-refractivity contribution in [3.05, 3.63) is 69.7 Å². The van der Waals surface area contributed by atoms with Crippen molar-refractivity contribution in [2.24, 2.45) is 5.92 Å². The molecule has 2 aromatic carbocycles. The molecule has 0 radical (unpaired) electrons. The number of aryl methyl sites for hydroxylation is 1. The molecule has 2 unspecified atom stereocenters. The van der Waals surface area contributed by atoms with Crippen LogP contribution < -0.4 is 0 Å². The summed E-state index contributed by atoms with van der Waals surface area (Å²) in [6.07, 6.45) is -3.31. The maximum atomic E-state index is 13.4. The Hall–Kier alpha value is -2.05. The van der Waals surface area contributed by atoms with Gasteiger partial charge in [-0.05, 0) is 49.6 Å². The molecule has 0 spiro atoms. The van der Waals surface area contributed by atoms with Gasteiger partial charge in [-0.3, -0.25) is 9.69 Å². The molecule has 7 heteroatoms. The molecule has 1 fully saturated rings. The quantitative estimate of drug-likeness (QED) is 0.716. The van der Waals surface area contributed by atoms with Crippen LogP contribution in [0.1, 0.15) is 41.1 Å². The molecule has 2 atom stereocenters. The van der Waals surface area contributed by atoms with E-state index in [0.29, 0.717) is 24.9 Å². The van der Waals surface area contributed by atoms with Gasteiger partial charge in [-0.2, -0.15) is 13.2 Å². The second-order valence-electron chi connectivity index (χ2n) is 7.23. The highest BCUT2D eigenvalue weighted by atomic mass is 35.5. The van der Waals surface area contributed by atoms with Crippen LogP contribution in [0.15, 0.2) is 42.5 Å². The van der Waals surface area contributed by atoms with Crippen LogP contribution in [0.4, 0.5) is 13.2 Å². The number of hydrogen-bond acceptors (Lipinski definition) is 2. The standard InChI is InChI=1S/C21H21ClF3NO2/c1-13-4-2-5-14(10-13)19(26-9-3-6-16(12-26)20(27)28)15-7-8-18(22)17(11-15)21(23,24)25/h2,4-5,7-8,10-11,16,19H,3,6,9,12H2,1H3,(H,27,28). The van der Waals surface area contributed by atoms with E-state index in [1.54, 1.807) is 6.07 Å². The Labute approximate surface area is 166 Å². The molecule has 0 amide bonds. The minimum atomic E-state index is -4.56. The van der Waals surface area contributed by atoms with E-state index in [2.05, 4.69) is 0 Å². The van der Waals surface area contributed by atoms with Gasteiger partial charge in [0.05, 0.1) is 22.5 Å².